The second-order valence-corrected chi connectivity index (χ2v) is 3.95. The molecule has 1 heterocycles. The van der Waals surface area contributed by atoms with Crippen molar-refractivity contribution in [1.29, 1.82) is 0 Å². The van der Waals surface area contributed by atoms with Gasteiger partial charge in [0.25, 0.3) is 0 Å². The molecule has 0 saturated carbocycles. The van der Waals surface area contributed by atoms with Crippen LogP contribution in [0.15, 0.2) is 12.1 Å². The van der Waals surface area contributed by atoms with Crippen molar-refractivity contribution in [3.8, 4) is 0 Å². The molecule has 0 aliphatic carbocycles. The molecule has 0 unspecified atom stereocenters. The van der Waals surface area contributed by atoms with Gasteiger partial charge in [0.15, 0.2) is 0 Å². The number of hydrogen-bond acceptors (Lipinski definition) is 4. The molecule has 0 spiro atoms. The van der Waals surface area contributed by atoms with Crippen LogP contribution in [0, 0.1) is 6.92 Å². The number of aryl methyl sites for hydroxylation is 1. The molecule has 0 atom stereocenters. The van der Waals surface area contributed by atoms with Gasteiger partial charge in [-0.25, -0.2) is 4.98 Å². The first kappa shape index (κ1) is 12.9. The zero-order valence-corrected chi connectivity index (χ0v) is 10.4. The molecule has 4 heteroatoms. The van der Waals surface area contributed by atoms with Crippen molar-refractivity contribution in [1.82, 2.24) is 4.98 Å². The van der Waals surface area contributed by atoms with Crippen LogP contribution < -0.4 is 10.6 Å². The zero-order valence-electron chi connectivity index (χ0n) is 10.4. The number of nitrogens with two attached hydrogens (primary N) is 1. The molecular formula is C12H21N3O. The average molecular weight is 223 g/mol. The normalized spacial score (nSPS) is 10.5. The third-order valence-electron chi connectivity index (χ3n) is 2.47. The van der Waals surface area contributed by atoms with Crippen LogP contribution in [-0.2, 0) is 11.3 Å². The maximum absolute atomic E-state index is 5.64. The summed E-state index contributed by atoms with van der Waals surface area (Å²) in [5.74, 6) is 0.983. The molecule has 16 heavy (non-hydrogen) atoms. The topological polar surface area (TPSA) is 51.4 Å². The molecule has 1 aromatic heterocycles. The van der Waals surface area contributed by atoms with E-state index >= 15 is 0 Å². The first-order valence-electron chi connectivity index (χ1n) is 5.55. The largest absolute Gasteiger partial charge is 0.385 e. The second-order valence-electron chi connectivity index (χ2n) is 3.95. The number of aromatic nitrogens is 1. The predicted molar refractivity (Wildman–Crippen MR) is 66.6 cm³/mol. The first-order valence-corrected chi connectivity index (χ1v) is 5.55. The van der Waals surface area contributed by atoms with Crippen LogP contribution in [0.2, 0.25) is 0 Å². The highest BCUT2D eigenvalue weighted by Crippen LogP contribution is 2.13. The highest BCUT2D eigenvalue weighted by atomic mass is 16.5. The van der Waals surface area contributed by atoms with Crippen LogP contribution in [0.5, 0.6) is 0 Å². The molecule has 0 radical (unpaired) electrons. The minimum Gasteiger partial charge on any atom is -0.385 e. The molecule has 90 valence electrons. The Balaban J connectivity index is 2.66. The highest BCUT2D eigenvalue weighted by molar-refractivity contribution is 5.41. The van der Waals surface area contributed by atoms with Crippen molar-refractivity contribution in [2.24, 2.45) is 5.73 Å². The molecule has 0 fully saturated rings. The average Bonchev–Trinajstić information content (AvgIpc) is 2.28. The molecule has 2 N–H and O–H groups in total. The minimum absolute atomic E-state index is 0.558. The molecule has 0 saturated heterocycles. The van der Waals surface area contributed by atoms with Crippen LogP contribution in [0.25, 0.3) is 0 Å². The summed E-state index contributed by atoms with van der Waals surface area (Å²) >= 11 is 0. The van der Waals surface area contributed by atoms with Crippen LogP contribution in [0.4, 0.5) is 5.82 Å². The summed E-state index contributed by atoms with van der Waals surface area (Å²) < 4.78 is 5.03. The Morgan fingerprint density at radius 3 is 2.81 bits per heavy atom. The predicted octanol–water partition coefficient (Wildman–Crippen LogP) is 1.32. The lowest BCUT2D eigenvalue weighted by atomic mass is 10.2. The number of rotatable bonds is 6. The number of ether oxygens (including phenoxy) is 1. The Bertz CT molecular complexity index is 328. The summed E-state index contributed by atoms with van der Waals surface area (Å²) in [6.45, 7) is 4.27. The van der Waals surface area contributed by atoms with Crippen molar-refractivity contribution >= 4 is 5.82 Å². The van der Waals surface area contributed by atoms with E-state index in [4.69, 9.17) is 10.5 Å². The third kappa shape index (κ3) is 3.79. The van der Waals surface area contributed by atoms with Gasteiger partial charge in [0, 0.05) is 39.5 Å². The fraction of sp³-hybridized carbons (Fsp3) is 0.583. The Labute approximate surface area is 97.4 Å². The van der Waals surface area contributed by atoms with Gasteiger partial charge in [-0.1, -0.05) is 0 Å². The van der Waals surface area contributed by atoms with Gasteiger partial charge in [-0.05, 0) is 31.0 Å². The van der Waals surface area contributed by atoms with Gasteiger partial charge in [-0.3, -0.25) is 0 Å². The third-order valence-corrected chi connectivity index (χ3v) is 2.47. The number of pyridine rings is 1. The van der Waals surface area contributed by atoms with E-state index in [1.165, 1.54) is 0 Å². The van der Waals surface area contributed by atoms with Gasteiger partial charge >= 0.3 is 0 Å². The highest BCUT2D eigenvalue weighted by Gasteiger charge is 2.04. The van der Waals surface area contributed by atoms with Crippen molar-refractivity contribution < 1.29 is 4.74 Å². The lowest BCUT2D eigenvalue weighted by Gasteiger charge is -2.19. The minimum atomic E-state index is 0.558. The molecule has 0 aliphatic rings. The van der Waals surface area contributed by atoms with Crippen molar-refractivity contribution in [2.45, 2.75) is 19.9 Å². The smallest absolute Gasteiger partial charge is 0.128 e. The lowest BCUT2D eigenvalue weighted by molar-refractivity contribution is 0.196. The summed E-state index contributed by atoms with van der Waals surface area (Å²) in [6.07, 6.45) is 1.00. The van der Waals surface area contributed by atoms with Gasteiger partial charge in [0.05, 0.1) is 0 Å². The summed E-state index contributed by atoms with van der Waals surface area (Å²) in [4.78, 5) is 6.62. The van der Waals surface area contributed by atoms with Gasteiger partial charge in [0.2, 0.25) is 0 Å². The van der Waals surface area contributed by atoms with Crippen LogP contribution >= 0.6 is 0 Å². The van der Waals surface area contributed by atoms with Crippen molar-refractivity contribution in [3.63, 3.8) is 0 Å². The Morgan fingerprint density at radius 1 is 1.44 bits per heavy atom. The van der Waals surface area contributed by atoms with E-state index in [0.29, 0.717) is 6.54 Å². The maximum Gasteiger partial charge on any atom is 0.128 e. The summed E-state index contributed by atoms with van der Waals surface area (Å²) in [6, 6.07) is 4.06. The van der Waals surface area contributed by atoms with Gasteiger partial charge in [0.1, 0.15) is 5.82 Å². The van der Waals surface area contributed by atoms with E-state index in [1.54, 1.807) is 7.11 Å². The molecule has 1 aromatic rings. The van der Waals surface area contributed by atoms with Gasteiger partial charge in [-0.15, -0.1) is 0 Å². The van der Waals surface area contributed by atoms with E-state index in [0.717, 1.165) is 36.6 Å². The fourth-order valence-electron chi connectivity index (χ4n) is 1.60. The summed E-state index contributed by atoms with van der Waals surface area (Å²) in [5, 5.41) is 0. The zero-order chi connectivity index (χ0) is 12.0. The van der Waals surface area contributed by atoms with Gasteiger partial charge in [-0.2, -0.15) is 0 Å². The molecule has 0 bridgehead atoms. The number of anilines is 1. The molecule has 4 nitrogen and oxygen atoms in total. The maximum atomic E-state index is 5.64. The van der Waals surface area contributed by atoms with Crippen molar-refractivity contribution in [2.75, 3.05) is 32.2 Å². The van der Waals surface area contributed by atoms with E-state index in [-0.39, 0.29) is 0 Å². The molecular weight excluding hydrogens is 202 g/mol. The standard InChI is InChI=1S/C12H21N3O/c1-10-7-11(9-13)8-12(14-10)15(2)5-4-6-16-3/h7-8H,4-6,9,13H2,1-3H3. The summed E-state index contributed by atoms with van der Waals surface area (Å²) in [5.41, 5.74) is 7.78. The van der Waals surface area contributed by atoms with Crippen LogP contribution in [0.1, 0.15) is 17.7 Å². The Hall–Kier alpha value is -1.13. The second kappa shape index (κ2) is 6.45. The van der Waals surface area contributed by atoms with Gasteiger partial charge < -0.3 is 15.4 Å². The van der Waals surface area contributed by atoms with E-state index in [2.05, 4.69) is 9.88 Å². The Kier molecular flexibility index (Phi) is 5.22. The van der Waals surface area contributed by atoms with Crippen LogP contribution in [-0.4, -0.2) is 32.3 Å². The quantitative estimate of drug-likeness (QED) is 0.739. The van der Waals surface area contributed by atoms with Crippen molar-refractivity contribution in [3.05, 3.63) is 23.4 Å². The lowest BCUT2D eigenvalue weighted by Crippen LogP contribution is -2.21. The molecule has 0 aromatic carbocycles. The fourth-order valence-corrected chi connectivity index (χ4v) is 1.60. The first-order chi connectivity index (χ1) is 7.67. The molecule has 0 aliphatic heterocycles. The SMILES string of the molecule is COCCCN(C)c1cc(CN)cc(C)n1. The number of nitrogens with zero attached hydrogens (tertiary/aromatic N) is 2. The monoisotopic (exact) mass is 223 g/mol. The number of hydrogen-bond donors (Lipinski definition) is 1. The van der Waals surface area contributed by atoms with E-state index in [9.17, 15) is 0 Å². The summed E-state index contributed by atoms with van der Waals surface area (Å²) in [7, 11) is 3.76. The molecule has 0 amide bonds. The molecule has 1 rings (SSSR count). The Morgan fingerprint density at radius 2 is 2.19 bits per heavy atom. The van der Waals surface area contributed by atoms with Crippen LogP contribution in [0.3, 0.4) is 0 Å². The number of methoxy groups -OCH3 is 1. The van der Waals surface area contributed by atoms with E-state index < -0.39 is 0 Å². The van der Waals surface area contributed by atoms with E-state index in [1.807, 2.05) is 26.1 Å².